The predicted molar refractivity (Wildman–Crippen MR) is 76.8 cm³/mol. The maximum absolute atomic E-state index is 5.87. The van der Waals surface area contributed by atoms with Gasteiger partial charge in [-0.05, 0) is 43.7 Å². The van der Waals surface area contributed by atoms with Crippen molar-refractivity contribution in [2.24, 2.45) is 5.73 Å². The molecular weight excluding hydrogens is 240 g/mol. The molecule has 2 rings (SSSR count). The van der Waals surface area contributed by atoms with E-state index in [0.29, 0.717) is 12.6 Å². The molecular formula is C15H24N2O2. The molecule has 0 amide bonds. The molecule has 4 nitrogen and oxygen atoms in total. The topological polar surface area (TPSA) is 47.7 Å². The first-order chi connectivity index (χ1) is 9.28. The van der Waals surface area contributed by atoms with Gasteiger partial charge in [0.2, 0.25) is 0 Å². The molecule has 1 atom stereocenters. The van der Waals surface area contributed by atoms with Crippen LogP contribution in [0.5, 0.6) is 11.5 Å². The fraction of sp³-hybridized carbons (Fsp3) is 0.600. The Labute approximate surface area is 115 Å². The molecule has 0 spiro atoms. The van der Waals surface area contributed by atoms with Gasteiger partial charge in [-0.25, -0.2) is 0 Å². The van der Waals surface area contributed by atoms with E-state index >= 15 is 0 Å². The van der Waals surface area contributed by atoms with Crippen LogP contribution in [0.1, 0.15) is 19.8 Å². The monoisotopic (exact) mass is 264 g/mol. The van der Waals surface area contributed by atoms with Gasteiger partial charge in [-0.15, -0.1) is 0 Å². The average molecular weight is 264 g/mol. The third-order valence-electron chi connectivity index (χ3n) is 3.28. The van der Waals surface area contributed by atoms with Crippen LogP contribution in [0.2, 0.25) is 0 Å². The van der Waals surface area contributed by atoms with Crippen molar-refractivity contribution in [3.05, 3.63) is 24.3 Å². The summed E-state index contributed by atoms with van der Waals surface area (Å²) in [7, 11) is 0. The third-order valence-corrected chi connectivity index (χ3v) is 3.28. The fourth-order valence-corrected chi connectivity index (χ4v) is 2.21. The van der Waals surface area contributed by atoms with Crippen LogP contribution in [-0.4, -0.2) is 43.8 Å². The van der Waals surface area contributed by atoms with E-state index in [0.717, 1.165) is 50.6 Å². The Bertz CT molecular complexity index is 367. The lowest BCUT2D eigenvalue weighted by atomic mass is 10.3. The third kappa shape index (κ3) is 4.73. The Morgan fingerprint density at radius 1 is 1.16 bits per heavy atom. The van der Waals surface area contributed by atoms with Gasteiger partial charge < -0.3 is 15.2 Å². The van der Waals surface area contributed by atoms with Crippen LogP contribution in [0.25, 0.3) is 0 Å². The molecule has 1 aliphatic heterocycles. The minimum Gasteiger partial charge on any atom is -0.494 e. The molecule has 4 heteroatoms. The summed E-state index contributed by atoms with van der Waals surface area (Å²) in [5.74, 6) is 1.80. The van der Waals surface area contributed by atoms with Crippen LogP contribution < -0.4 is 15.2 Å². The molecule has 0 aromatic heterocycles. The van der Waals surface area contributed by atoms with Gasteiger partial charge in [0.15, 0.2) is 0 Å². The van der Waals surface area contributed by atoms with Gasteiger partial charge in [-0.3, -0.25) is 4.90 Å². The SMILES string of the molecule is CCCOc1ccc(OCCN2CC[C@@H](N)C2)cc1. The summed E-state index contributed by atoms with van der Waals surface area (Å²) in [5, 5.41) is 0. The summed E-state index contributed by atoms with van der Waals surface area (Å²) >= 11 is 0. The van der Waals surface area contributed by atoms with Gasteiger partial charge in [-0.2, -0.15) is 0 Å². The Morgan fingerprint density at radius 3 is 2.32 bits per heavy atom. The van der Waals surface area contributed by atoms with E-state index in [-0.39, 0.29) is 0 Å². The molecule has 1 aromatic carbocycles. The Hall–Kier alpha value is -1.26. The second-order valence-electron chi connectivity index (χ2n) is 5.02. The smallest absolute Gasteiger partial charge is 0.119 e. The van der Waals surface area contributed by atoms with E-state index < -0.39 is 0 Å². The number of nitrogens with two attached hydrogens (primary N) is 1. The summed E-state index contributed by atoms with van der Waals surface area (Å²) in [6, 6.07) is 8.17. The molecule has 0 bridgehead atoms. The van der Waals surface area contributed by atoms with Crippen LogP contribution >= 0.6 is 0 Å². The number of likely N-dealkylation sites (tertiary alicyclic amines) is 1. The summed E-state index contributed by atoms with van der Waals surface area (Å²) in [5.41, 5.74) is 5.87. The molecule has 19 heavy (non-hydrogen) atoms. The second kappa shape index (κ2) is 7.36. The molecule has 0 unspecified atom stereocenters. The summed E-state index contributed by atoms with van der Waals surface area (Å²) in [6.07, 6.45) is 2.12. The van der Waals surface area contributed by atoms with E-state index in [1.54, 1.807) is 0 Å². The molecule has 0 aliphatic carbocycles. The van der Waals surface area contributed by atoms with Crippen molar-refractivity contribution in [1.29, 1.82) is 0 Å². The lowest BCUT2D eigenvalue weighted by molar-refractivity contribution is 0.236. The van der Waals surface area contributed by atoms with Crippen LogP contribution in [0.3, 0.4) is 0 Å². The zero-order valence-corrected chi connectivity index (χ0v) is 11.7. The van der Waals surface area contributed by atoms with Crippen molar-refractivity contribution >= 4 is 0 Å². The highest BCUT2D eigenvalue weighted by atomic mass is 16.5. The van der Waals surface area contributed by atoms with Crippen LogP contribution in [0, 0.1) is 0 Å². The molecule has 106 valence electrons. The number of benzene rings is 1. The first-order valence-corrected chi connectivity index (χ1v) is 7.11. The number of nitrogens with zero attached hydrogens (tertiary/aromatic N) is 1. The second-order valence-corrected chi connectivity index (χ2v) is 5.02. The largest absolute Gasteiger partial charge is 0.494 e. The van der Waals surface area contributed by atoms with E-state index in [1.165, 1.54) is 0 Å². The van der Waals surface area contributed by atoms with E-state index in [1.807, 2.05) is 24.3 Å². The Balaban J connectivity index is 1.68. The number of hydrogen-bond acceptors (Lipinski definition) is 4. The van der Waals surface area contributed by atoms with E-state index in [9.17, 15) is 0 Å². The molecule has 2 N–H and O–H groups in total. The number of hydrogen-bond donors (Lipinski definition) is 1. The predicted octanol–water partition coefficient (Wildman–Crippen LogP) is 1.89. The minimum atomic E-state index is 0.343. The standard InChI is InChI=1S/C15H24N2O2/c1-2-10-18-14-3-5-15(6-4-14)19-11-9-17-8-7-13(16)12-17/h3-6,13H,2,7-12,16H2,1H3/t13-/m1/s1. The minimum absolute atomic E-state index is 0.343. The van der Waals surface area contributed by atoms with Crippen molar-refractivity contribution in [3.8, 4) is 11.5 Å². The van der Waals surface area contributed by atoms with Gasteiger partial charge in [0.05, 0.1) is 6.61 Å². The molecule has 0 radical (unpaired) electrons. The maximum atomic E-state index is 5.87. The van der Waals surface area contributed by atoms with Crippen LogP contribution in [-0.2, 0) is 0 Å². The zero-order valence-electron chi connectivity index (χ0n) is 11.7. The number of rotatable bonds is 7. The first-order valence-electron chi connectivity index (χ1n) is 7.11. The van der Waals surface area contributed by atoms with Crippen LogP contribution in [0.4, 0.5) is 0 Å². The first kappa shape index (κ1) is 14.2. The molecule has 0 saturated carbocycles. The van der Waals surface area contributed by atoms with Crippen molar-refractivity contribution in [1.82, 2.24) is 4.90 Å². The Kier molecular flexibility index (Phi) is 5.48. The summed E-state index contributed by atoms with van der Waals surface area (Å²) in [4.78, 5) is 2.35. The lowest BCUT2D eigenvalue weighted by Gasteiger charge is -2.15. The van der Waals surface area contributed by atoms with Crippen LogP contribution in [0.15, 0.2) is 24.3 Å². The highest BCUT2D eigenvalue weighted by molar-refractivity contribution is 5.31. The molecule has 1 aliphatic rings. The summed E-state index contributed by atoms with van der Waals surface area (Å²) < 4.78 is 11.3. The van der Waals surface area contributed by atoms with Crippen molar-refractivity contribution in [2.45, 2.75) is 25.8 Å². The quantitative estimate of drug-likeness (QED) is 0.817. The van der Waals surface area contributed by atoms with Crippen molar-refractivity contribution in [2.75, 3.05) is 32.8 Å². The average Bonchev–Trinajstić information content (AvgIpc) is 2.84. The van der Waals surface area contributed by atoms with Gasteiger partial charge in [0.25, 0.3) is 0 Å². The molecule has 1 aromatic rings. The number of ether oxygens (including phenoxy) is 2. The van der Waals surface area contributed by atoms with Gasteiger partial charge in [0.1, 0.15) is 18.1 Å². The van der Waals surface area contributed by atoms with Gasteiger partial charge in [0, 0.05) is 19.1 Å². The fourth-order valence-electron chi connectivity index (χ4n) is 2.21. The van der Waals surface area contributed by atoms with Crippen molar-refractivity contribution < 1.29 is 9.47 Å². The molecule has 1 saturated heterocycles. The normalized spacial score (nSPS) is 19.6. The molecule has 1 heterocycles. The van der Waals surface area contributed by atoms with Crippen molar-refractivity contribution in [3.63, 3.8) is 0 Å². The zero-order chi connectivity index (χ0) is 13.5. The maximum Gasteiger partial charge on any atom is 0.119 e. The van der Waals surface area contributed by atoms with Gasteiger partial charge >= 0.3 is 0 Å². The van der Waals surface area contributed by atoms with E-state index in [4.69, 9.17) is 15.2 Å². The lowest BCUT2D eigenvalue weighted by Crippen LogP contribution is -2.29. The highest BCUT2D eigenvalue weighted by Gasteiger charge is 2.18. The summed E-state index contributed by atoms with van der Waals surface area (Å²) in [6.45, 7) is 6.60. The van der Waals surface area contributed by atoms with E-state index in [2.05, 4.69) is 11.8 Å². The molecule has 1 fully saturated rings. The Morgan fingerprint density at radius 2 is 1.79 bits per heavy atom. The highest BCUT2D eigenvalue weighted by Crippen LogP contribution is 2.17. The van der Waals surface area contributed by atoms with Gasteiger partial charge in [-0.1, -0.05) is 6.92 Å².